The first-order valence-corrected chi connectivity index (χ1v) is 11.3. The van der Waals surface area contributed by atoms with Crippen LogP contribution >= 0.6 is 11.3 Å². The molecule has 2 aromatic heterocycles. The van der Waals surface area contributed by atoms with Gasteiger partial charge in [0.05, 0.1) is 23.3 Å². The predicted octanol–water partition coefficient (Wildman–Crippen LogP) is 2.91. The topological polar surface area (TPSA) is 75.2 Å². The Kier molecular flexibility index (Phi) is 3.50. The molecule has 0 saturated heterocycles. The van der Waals surface area contributed by atoms with Crippen LogP contribution in [0.4, 0.5) is 0 Å². The molecular formula is C22H24N4O2S. The summed E-state index contributed by atoms with van der Waals surface area (Å²) in [5.41, 5.74) is 2.64. The highest BCUT2D eigenvalue weighted by Gasteiger charge is 2.88. The van der Waals surface area contributed by atoms with E-state index in [2.05, 4.69) is 27.2 Å². The highest BCUT2D eigenvalue weighted by atomic mass is 32.1. The number of carbonyl (C=O) groups is 2. The number of carbonyl (C=O) groups excluding carboxylic acids is 2. The van der Waals surface area contributed by atoms with Crippen LogP contribution < -0.4 is 5.32 Å². The number of hydrogen-bond acceptors (Lipinski definition) is 6. The van der Waals surface area contributed by atoms with Gasteiger partial charge in [-0.05, 0) is 63.1 Å². The zero-order valence-electron chi connectivity index (χ0n) is 16.4. The maximum absolute atomic E-state index is 13.0. The predicted molar refractivity (Wildman–Crippen MR) is 109 cm³/mol. The Morgan fingerprint density at radius 1 is 1.21 bits per heavy atom. The summed E-state index contributed by atoms with van der Waals surface area (Å²) in [5.74, 6) is 1.89. The molecule has 7 rings (SSSR count). The van der Waals surface area contributed by atoms with Gasteiger partial charge in [0.15, 0.2) is 11.3 Å². The summed E-state index contributed by atoms with van der Waals surface area (Å²) in [6.45, 7) is 0.732. The molecule has 7 heteroatoms. The van der Waals surface area contributed by atoms with Gasteiger partial charge in [0.25, 0.3) is 5.91 Å². The van der Waals surface area contributed by atoms with Crippen LogP contribution in [0.1, 0.15) is 58.0 Å². The Morgan fingerprint density at radius 3 is 2.76 bits per heavy atom. The summed E-state index contributed by atoms with van der Waals surface area (Å²) in [4.78, 5) is 33.2. The summed E-state index contributed by atoms with van der Waals surface area (Å²) in [6.07, 6.45) is 10.6. The number of hydrogen-bond donors (Lipinski definition) is 1. The minimum Gasteiger partial charge on any atom is -0.326 e. The third-order valence-corrected chi connectivity index (χ3v) is 9.36. The molecule has 3 heterocycles. The fraction of sp³-hybridized carbons (Fsp3) is 0.545. The van der Waals surface area contributed by atoms with E-state index in [4.69, 9.17) is 0 Å². The molecule has 4 aliphatic carbocycles. The van der Waals surface area contributed by atoms with E-state index in [-0.39, 0.29) is 11.4 Å². The molecule has 5 atom stereocenters. The van der Waals surface area contributed by atoms with Crippen LogP contribution in [0.5, 0.6) is 0 Å². The first-order valence-electron chi connectivity index (χ1n) is 10.4. The van der Waals surface area contributed by atoms with Gasteiger partial charge in [-0.3, -0.25) is 14.6 Å². The Hall–Kier alpha value is -2.12. The quantitative estimate of drug-likeness (QED) is 0.791. The highest BCUT2D eigenvalue weighted by Crippen LogP contribution is 2.85. The Bertz CT molecular complexity index is 1010. The molecule has 6 nitrogen and oxygen atoms in total. The molecule has 2 aromatic rings. The van der Waals surface area contributed by atoms with Crippen molar-refractivity contribution >= 4 is 23.5 Å². The van der Waals surface area contributed by atoms with Crippen molar-refractivity contribution in [2.45, 2.75) is 49.7 Å². The largest absolute Gasteiger partial charge is 0.326 e. The van der Waals surface area contributed by atoms with Gasteiger partial charge in [-0.1, -0.05) is 0 Å². The van der Waals surface area contributed by atoms with E-state index in [9.17, 15) is 9.59 Å². The van der Waals surface area contributed by atoms with Crippen molar-refractivity contribution < 1.29 is 9.59 Å². The number of pyridine rings is 1. The van der Waals surface area contributed by atoms with E-state index >= 15 is 0 Å². The van der Waals surface area contributed by atoms with Crippen LogP contribution in [-0.4, -0.2) is 45.2 Å². The number of nitrogens with one attached hydrogen (secondary N) is 1. The summed E-state index contributed by atoms with van der Waals surface area (Å²) >= 11 is 1.34. The fourth-order valence-corrected chi connectivity index (χ4v) is 8.38. The molecule has 2 bridgehead atoms. The second-order valence-electron chi connectivity index (χ2n) is 9.30. The zero-order valence-corrected chi connectivity index (χ0v) is 17.2. The first kappa shape index (κ1) is 17.7. The second-order valence-corrected chi connectivity index (χ2v) is 10.2. The summed E-state index contributed by atoms with van der Waals surface area (Å²) in [5, 5.41) is 6.00. The second kappa shape index (κ2) is 5.73. The molecule has 5 aliphatic rings. The van der Waals surface area contributed by atoms with Crippen LogP contribution in [0.15, 0.2) is 29.9 Å². The minimum atomic E-state index is 0.125. The lowest BCUT2D eigenvalue weighted by Gasteiger charge is -2.79. The van der Waals surface area contributed by atoms with E-state index < -0.39 is 0 Å². The van der Waals surface area contributed by atoms with Crippen LogP contribution in [0.3, 0.4) is 0 Å². The van der Waals surface area contributed by atoms with Gasteiger partial charge in [-0.2, -0.15) is 0 Å². The molecule has 150 valence electrons. The monoisotopic (exact) mass is 408 g/mol. The van der Waals surface area contributed by atoms with E-state index in [0.717, 1.165) is 35.9 Å². The number of rotatable bonds is 3. The van der Waals surface area contributed by atoms with E-state index in [1.807, 2.05) is 18.3 Å². The van der Waals surface area contributed by atoms with Gasteiger partial charge in [0.2, 0.25) is 0 Å². The number of fused-ring (bicyclic) bond motifs is 2. The lowest BCUT2D eigenvalue weighted by Crippen LogP contribution is -2.86. The SMILES string of the molecule is CNC12CC3CC4(N5Cc6ncccc6C5=O)CC(C1)C24C3.O=Cc1nccs1. The van der Waals surface area contributed by atoms with Gasteiger partial charge in [-0.25, -0.2) is 4.98 Å². The van der Waals surface area contributed by atoms with Gasteiger partial charge >= 0.3 is 0 Å². The average Bonchev–Trinajstić information content (AvgIpc) is 3.47. The molecule has 0 radical (unpaired) electrons. The first-order chi connectivity index (χ1) is 14.1. The lowest BCUT2D eigenvalue weighted by molar-refractivity contribution is -0.262. The molecule has 1 amide bonds. The summed E-state index contributed by atoms with van der Waals surface area (Å²) in [6, 6.07) is 3.84. The van der Waals surface area contributed by atoms with Gasteiger partial charge < -0.3 is 10.2 Å². The lowest BCUT2D eigenvalue weighted by atomic mass is 9.31. The molecule has 29 heavy (non-hydrogen) atoms. The van der Waals surface area contributed by atoms with Crippen molar-refractivity contribution in [3.05, 3.63) is 46.2 Å². The molecule has 1 spiro atoms. The van der Waals surface area contributed by atoms with Crippen LogP contribution in [-0.2, 0) is 6.54 Å². The van der Waals surface area contributed by atoms with Crippen molar-refractivity contribution in [1.29, 1.82) is 0 Å². The molecule has 1 N–H and O–H groups in total. The number of thiazole rings is 1. The van der Waals surface area contributed by atoms with Crippen molar-refractivity contribution in [1.82, 2.24) is 20.2 Å². The zero-order chi connectivity index (χ0) is 19.9. The standard InChI is InChI=1S/C18H21N3O.C4H3NOS/c1-19-16-5-11-6-17(9-12(8-16)18(16,17)7-11)21-10-14-13(15(21)22)3-2-4-20-14;6-3-4-5-1-2-7-4/h2-4,11-12,19H,5-10H2,1H3;1-3H. The van der Waals surface area contributed by atoms with Crippen LogP contribution in [0.2, 0.25) is 0 Å². The Labute approximate surface area is 173 Å². The maximum Gasteiger partial charge on any atom is 0.256 e. The van der Waals surface area contributed by atoms with Gasteiger partial charge in [0, 0.05) is 28.7 Å². The molecule has 4 fully saturated rings. The molecule has 4 saturated carbocycles. The van der Waals surface area contributed by atoms with Gasteiger partial charge in [0.1, 0.15) is 0 Å². The molecule has 0 aromatic carbocycles. The molecular weight excluding hydrogens is 384 g/mol. The minimum absolute atomic E-state index is 0.125. The highest BCUT2D eigenvalue weighted by molar-refractivity contribution is 7.11. The van der Waals surface area contributed by atoms with Crippen molar-refractivity contribution in [3.63, 3.8) is 0 Å². The third kappa shape index (κ3) is 1.91. The molecule has 1 aliphatic heterocycles. The van der Waals surface area contributed by atoms with Crippen LogP contribution in [0.25, 0.3) is 0 Å². The van der Waals surface area contributed by atoms with E-state index in [1.165, 1.54) is 43.4 Å². The third-order valence-electron chi connectivity index (χ3n) is 8.66. The number of nitrogens with zero attached hydrogens (tertiary/aromatic N) is 3. The van der Waals surface area contributed by atoms with E-state index in [1.54, 1.807) is 11.6 Å². The average molecular weight is 409 g/mol. The van der Waals surface area contributed by atoms with Gasteiger partial charge in [-0.15, -0.1) is 11.3 Å². The van der Waals surface area contributed by atoms with Crippen molar-refractivity contribution in [2.24, 2.45) is 17.3 Å². The molecule has 5 unspecified atom stereocenters. The number of aldehydes is 1. The Balaban J connectivity index is 0.000000203. The van der Waals surface area contributed by atoms with Crippen LogP contribution in [0, 0.1) is 17.3 Å². The number of aromatic nitrogens is 2. The van der Waals surface area contributed by atoms with Crippen molar-refractivity contribution in [3.8, 4) is 0 Å². The van der Waals surface area contributed by atoms with E-state index in [0.29, 0.717) is 16.0 Å². The smallest absolute Gasteiger partial charge is 0.256 e. The normalized spacial score (nSPS) is 39.8. The summed E-state index contributed by atoms with van der Waals surface area (Å²) in [7, 11) is 2.14. The maximum atomic E-state index is 13.0. The Morgan fingerprint density at radius 2 is 2.10 bits per heavy atom. The summed E-state index contributed by atoms with van der Waals surface area (Å²) < 4.78 is 0. The van der Waals surface area contributed by atoms with Crippen molar-refractivity contribution in [2.75, 3.05) is 7.05 Å². The fourth-order valence-electron chi connectivity index (χ4n) is 7.94. The number of amides is 1.